The molecule has 170 valence electrons. The molecule has 3 aromatic rings. The second-order valence-electron chi connectivity index (χ2n) is 6.80. The number of nitriles is 1. The van der Waals surface area contributed by atoms with Crippen LogP contribution in [0.25, 0.3) is 6.08 Å². The van der Waals surface area contributed by atoms with Gasteiger partial charge in [-0.15, -0.1) is 11.3 Å². The van der Waals surface area contributed by atoms with Gasteiger partial charge in [-0.3, -0.25) is 14.5 Å². The van der Waals surface area contributed by atoms with Crippen LogP contribution in [0.3, 0.4) is 0 Å². The number of carbonyl (C=O) groups is 2. The average Bonchev–Trinajstić information content (AvgIpc) is 3.39. The normalized spacial score (nSPS) is 14.3. The maximum Gasteiger partial charge on any atom is 0.283 e. The third-order valence-corrected chi connectivity index (χ3v) is 7.05. The molecule has 0 radical (unpaired) electrons. The van der Waals surface area contributed by atoms with E-state index < -0.39 is 17.6 Å². The second-order valence-corrected chi connectivity index (χ2v) is 9.47. The highest BCUT2D eigenvalue weighted by atomic mass is 35.5. The smallest absolute Gasteiger partial charge is 0.283 e. The number of nitrogens with zero attached hydrogens (tertiary/aromatic N) is 3. The minimum Gasteiger partial charge on any atom is -0.316 e. The van der Waals surface area contributed by atoms with Crippen LogP contribution in [0.5, 0.6) is 0 Å². The Morgan fingerprint density at radius 3 is 2.76 bits per heavy atom. The highest BCUT2D eigenvalue weighted by Crippen LogP contribution is 2.32. The number of amidine groups is 1. The highest BCUT2D eigenvalue weighted by Gasteiger charge is 2.34. The summed E-state index contributed by atoms with van der Waals surface area (Å²) in [6.45, 7) is 0. The van der Waals surface area contributed by atoms with Crippen molar-refractivity contribution in [3.8, 4) is 6.07 Å². The molecule has 0 atom stereocenters. The lowest BCUT2D eigenvalue weighted by atomic mass is 10.2. The first-order valence-electron chi connectivity index (χ1n) is 9.62. The first kappa shape index (κ1) is 24.0. The van der Waals surface area contributed by atoms with Crippen molar-refractivity contribution in [2.24, 2.45) is 4.99 Å². The van der Waals surface area contributed by atoms with Gasteiger partial charge in [0.2, 0.25) is 5.91 Å². The summed E-state index contributed by atoms with van der Waals surface area (Å²) < 4.78 is 14.6. The summed E-state index contributed by atoms with van der Waals surface area (Å²) in [6, 6.07) is 14.2. The number of rotatable bonds is 5. The van der Waals surface area contributed by atoms with Gasteiger partial charge in [0, 0.05) is 0 Å². The Kier molecular flexibility index (Phi) is 7.34. The number of aliphatic imine (C=N–C) groups is 1. The Morgan fingerprint density at radius 1 is 1.24 bits per heavy atom. The number of halogens is 3. The zero-order valence-corrected chi connectivity index (χ0v) is 20.2. The summed E-state index contributed by atoms with van der Waals surface area (Å²) in [4.78, 5) is 31.1. The van der Waals surface area contributed by atoms with Crippen LogP contribution in [0.15, 0.2) is 64.6 Å². The van der Waals surface area contributed by atoms with Gasteiger partial charge in [-0.1, -0.05) is 53.2 Å². The summed E-state index contributed by atoms with van der Waals surface area (Å²) >= 11 is 14.2. The zero-order chi connectivity index (χ0) is 24.2. The zero-order valence-electron chi connectivity index (χ0n) is 17.1. The van der Waals surface area contributed by atoms with Crippen LogP contribution in [0.1, 0.15) is 11.1 Å². The summed E-state index contributed by atoms with van der Waals surface area (Å²) in [5.41, 5.74) is 1.01. The molecule has 0 spiro atoms. The van der Waals surface area contributed by atoms with E-state index in [4.69, 9.17) is 28.5 Å². The van der Waals surface area contributed by atoms with Gasteiger partial charge in [-0.25, -0.2) is 9.38 Å². The molecule has 0 saturated carbocycles. The quantitative estimate of drug-likeness (QED) is 0.399. The molecule has 34 heavy (non-hydrogen) atoms. The van der Waals surface area contributed by atoms with E-state index in [1.54, 1.807) is 35.7 Å². The molecule has 0 saturated heterocycles. The highest BCUT2D eigenvalue weighted by molar-refractivity contribution is 8.14. The predicted molar refractivity (Wildman–Crippen MR) is 136 cm³/mol. The first-order valence-corrected chi connectivity index (χ1v) is 12.2. The number of hydrogen-bond acceptors (Lipinski definition) is 6. The fourth-order valence-corrected chi connectivity index (χ4v) is 4.85. The number of para-hydroxylation sites is 1. The number of nitrogens with one attached hydrogen (secondary N) is 1. The van der Waals surface area contributed by atoms with Crippen molar-refractivity contribution in [3.05, 3.63) is 86.6 Å². The van der Waals surface area contributed by atoms with E-state index >= 15 is 0 Å². The predicted octanol–water partition coefficient (Wildman–Crippen LogP) is 6.18. The lowest BCUT2D eigenvalue weighted by molar-refractivity contribution is -0.114. The van der Waals surface area contributed by atoms with E-state index in [1.807, 2.05) is 6.07 Å². The molecule has 6 nitrogen and oxygen atoms in total. The summed E-state index contributed by atoms with van der Waals surface area (Å²) in [7, 11) is 0. The molecule has 2 amide bonds. The molecule has 2 aromatic carbocycles. The lowest BCUT2D eigenvalue weighted by Gasteiger charge is -2.18. The van der Waals surface area contributed by atoms with Gasteiger partial charge in [0.05, 0.1) is 27.0 Å². The van der Waals surface area contributed by atoms with Gasteiger partial charge in [0.1, 0.15) is 22.6 Å². The fraction of sp³-hybridized carbons (Fsp3) is 0.0435. The maximum atomic E-state index is 14.6. The minimum atomic E-state index is -0.610. The number of carbonyl (C=O) groups excluding carboxylic acids is 2. The molecule has 0 aliphatic carbocycles. The first-order chi connectivity index (χ1) is 16.4. The summed E-state index contributed by atoms with van der Waals surface area (Å²) in [6.07, 6.45) is 1.51. The van der Waals surface area contributed by atoms with Crippen molar-refractivity contribution in [1.82, 2.24) is 0 Å². The van der Waals surface area contributed by atoms with Crippen LogP contribution < -0.4 is 10.2 Å². The van der Waals surface area contributed by atoms with Gasteiger partial charge < -0.3 is 5.32 Å². The van der Waals surface area contributed by atoms with Crippen molar-refractivity contribution in [1.29, 1.82) is 5.26 Å². The lowest BCUT2D eigenvalue weighted by Crippen LogP contribution is -2.32. The average molecular weight is 531 g/mol. The van der Waals surface area contributed by atoms with Gasteiger partial charge in [0.15, 0.2) is 5.17 Å². The van der Waals surface area contributed by atoms with Crippen LogP contribution >= 0.6 is 46.3 Å². The molecule has 0 fully saturated rings. The Morgan fingerprint density at radius 2 is 2.03 bits per heavy atom. The molecular formula is C23H13Cl2FN4O2S2. The van der Waals surface area contributed by atoms with Crippen LogP contribution in [0.4, 0.5) is 15.1 Å². The van der Waals surface area contributed by atoms with Gasteiger partial charge >= 0.3 is 0 Å². The molecule has 11 heteroatoms. The molecule has 1 aliphatic heterocycles. The fourth-order valence-electron chi connectivity index (χ4n) is 2.99. The summed E-state index contributed by atoms with van der Waals surface area (Å²) in [5, 5.41) is 14.7. The third-order valence-electron chi connectivity index (χ3n) is 4.54. The topological polar surface area (TPSA) is 85.6 Å². The SMILES string of the molecule is N#Cc1ccsc1NC(=O)CSC1=N/C(=C/c2ccc(Cl)c(Cl)c2)C(=O)N1c1ccccc1F. The second kappa shape index (κ2) is 10.4. The largest absolute Gasteiger partial charge is 0.316 e. The van der Waals surface area contributed by atoms with Crippen molar-refractivity contribution in [3.63, 3.8) is 0 Å². The van der Waals surface area contributed by atoms with E-state index in [1.165, 1.54) is 35.6 Å². The van der Waals surface area contributed by atoms with Gasteiger partial charge in [-0.2, -0.15) is 5.26 Å². The molecular weight excluding hydrogens is 518 g/mol. The Bertz CT molecular complexity index is 1400. The molecule has 1 N–H and O–H groups in total. The Labute approximate surface area is 212 Å². The van der Waals surface area contributed by atoms with E-state index in [2.05, 4.69) is 10.3 Å². The van der Waals surface area contributed by atoms with Gasteiger partial charge in [0.25, 0.3) is 5.91 Å². The number of thiophene rings is 1. The Hall–Kier alpha value is -3.16. The number of hydrogen-bond donors (Lipinski definition) is 1. The van der Waals surface area contributed by atoms with Crippen molar-refractivity contribution in [2.45, 2.75) is 0 Å². The molecule has 1 aliphatic rings. The van der Waals surface area contributed by atoms with E-state index in [0.29, 0.717) is 26.2 Å². The van der Waals surface area contributed by atoms with Gasteiger partial charge in [-0.05, 0) is 47.4 Å². The molecule has 2 heterocycles. The van der Waals surface area contributed by atoms with E-state index in [0.717, 1.165) is 16.7 Å². The molecule has 0 unspecified atom stereocenters. The standard InChI is InChI=1S/C23H13Cl2FN4O2S2/c24-15-6-5-13(9-16(15)25)10-18-22(32)30(19-4-2-1-3-17(19)26)23(28-18)34-12-20(31)29-21-14(11-27)7-8-33-21/h1-10H,12H2,(H,29,31)/b18-10+. The Balaban J connectivity index is 1.61. The van der Waals surface area contributed by atoms with E-state index in [-0.39, 0.29) is 22.3 Å². The van der Waals surface area contributed by atoms with Crippen molar-refractivity contribution in [2.75, 3.05) is 16.0 Å². The number of thioether (sulfide) groups is 1. The molecule has 1 aromatic heterocycles. The van der Waals surface area contributed by atoms with Crippen LogP contribution in [-0.4, -0.2) is 22.7 Å². The summed E-state index contributed by atoms with van der Waals surface area (Å²) in [5.74, 6) is -1.67. The van der Waals surface area contributed by atoms with Crippen LogP contribution in [-0.2, 0) is 9.59 Å². The van der Waals surface area contributed by atoms with Crippen molar-refractivity contribution < 1.29 is 14.0 Å². The van der Waals surface area contributed by atoms with Crippen LogP contribution in [0.2, 0.25) is 10.0 Å². The number of anilines is 2. The monoisotopic (exact) mass is 530 g/mol. The number of amides is 2. The van der Waals surface area contributed by atoms with Crippen LogP contribution in [0, 0.1) is 17.1 Å². The van der Waals surface area contributed by atoms with E-state index in [9.17, 15) is 14.0 Å². The van der Waals surface area contributed by atoms with Crippen molar-refractivity contribution >= 4 is 80.0 Å². The minimum absolute atomic E-state index is 0.0155. The number of benzene rings is 2. The molecule has 0 bridgehead atoms. The third kappa shape index (κ3) is 5.16. The maximum absolute atomic E-state index is 14.6. The molecule has 4 rings (SSSR count).